The van der Waals surface area contributed by atoms with Crippen molar-refractivity contribution in [2.75, 3.05) is 24.7 Å². The number of nitrogens with zero attached hydrogens (tertiary/aromatic N) is 2. The molecule has 0 radical (unpaired) electrons. The summed E-state index contributed by atoms with van der Waals surface area (Å²) in [6.07, 6.45) is 3.25. The van der Waals surface area contributed by atoms with Gasteiger partial charge >= 0.3 is 5.97 Å². The standard InChI is InChI=1S/C18H22N2O4/c1-3-23-16-10-12-13(11-17(16)24-4-2)19-8-7-14(12)20-9-5-6-15(20)18(21)22/h7-8,10-11,15H,3-6,9H2,1-2H3,(H,21,22)/t15-/m0/s1. The fraction of sp³-hybridized carbons (Fsp3) is 0.444. The third-order valence-electron chi connectivity index (χ3n) is 4.23. The molecule has 1 aliphatic heterocycles. The molecule has 3 rings (SSSR count). The number of rotatable bonds is 6. The van der Waals surface area contributed by atoms with Gasteiger partial charge < -0.3 is 19.5 Å². The van der Waals surface area contributed by atoms with Crippen LogP contribution < -0.4 is 14.4 Å². The summed E-state index contributed by atoms with van der Waals surface area (Å²) in [7, 11) is 0. The number of hydrogen-bond acceptors (Lipinski definition) is 5. The van der Waals surface area contributed by atoms with Crippen LogP contribution in [0.4, 0.5) is 5.69 Å². The molecular weight excluding hydrogens is 308 g/mol. The van der Waals surface area contributed by atoms with Crippen molar-refractivity contribution < 1.29 is 19.4 Å². The molecule has 1 atom stereocenters. The monoisotopic (exact) mass is 330 g/mol. The lowest BCUT2D eigenvalue weighted by Gasteiger charge is -2.25. The number of ether oxygens (including phenoxy) is 2. The first-order valence-electron chi connectivity index (χ1n) is 8.33. The van der Waals surface area contributed by atoms with Crippen molar-refractivity contribution in [3.63, 3.8) is 0 Å². The van der Waals surface area contributed by atoms with Crippen molar-refractivity contribution >= 4 is 22.6 Å². The molecule has 0 aliphatic carbocycles. The van der Waals surface area contributed by atoms with Crippen LogP contribution in [0.1, 0.15) is 26.7 Å². The minimum Gasteiger partial charge on any atom is -0.490 e. The average molecular weight is 330 g/mol. The van der Waals surface area contributed by atoms with Crippen molar-refractivity contribution in [1.29, 1.82) is 0 Å². The molecule has 0 spiro atoms. The number of carboxylic acid groups (broad SMARTS) is 1. The summed E-state index contributed by atoms with van der Waals surface area (Å²) in [5.74, 6) is 0.535. The first-order chi connectivity index (χ1) is 11.7. The smallest absolute Gasteiger partial charge is 0.326 e. The summed E-state index contributed by atoms with van der Waals surface area (Å²) in [6, 6.07) is 5.15. The minimum absolute atomic E-state index is 0.488. The highest BCUT2D eigenvalue weighted by Gasteiger charge is 2.31. The maximum absolute atomic E-state index is 11.5. The molecule has 1 saturated heterocycles. The van der Waals surface area contributed by atoms with E-state index in [0.29, 0.717) is 31.1 Å². The van der Waals surface area contributed by atoms with Crippen LogP contribution in [0.2, 0.25) is 0 Å². The summed E-state index contributed by atoms with van der Waals surface area (Å²) >= 11 is 0. The second kappa shape index (κ2) is 6.95. The molecule has 0 bridgehead atoms. The Morgan fingerprint density at radius 2 is 2.00 bits per heavy atom. The summed E-state index contributed by atoms with van der Waals surface area (Å²) in [5, 5.41) is 10.4. The van der Waals surface area contributed by atoms with Gasteiger partial charge in [-0.15, -0.1) is 0 Å². The van der Waals surface area contributed by atoms with E-state index in [4.69, 9.17) is 9.47 Å². The Bertz CT molecular complexity index is 747. The Kier molecular flexibility index (Phi) is 4.74. The molecule has 0 unspecified atom stereocenters. The van der Waals surface area contributed by atoms with Gasteiger partial charge in [0, 0.05) is 29.9 Å². The van der Waals surface area contributed by atoms with E-state index in [1.807, 2.05) is 36.9 Å². The molecule has 24 heavy (non-hydrogen) atoms. The molecular formula is C18H22N2O4. The average Bonchev–Trinajstić information content (AvgIpc) is 3.05. The van der Waals surface area contributed by atoms with Crippen molar-refractivity contribution in [1.82, 2.24) is 4.98 Å². The Morgan fingerprint density at radius 3 is 2.67 bits per heavy atom. The Labute approximate surface area is 141 Å². The second-order valence-corrected chi connectivity index (χ2v) is 5.70. The normalized spacial score (nSPS) is 17.2. The van der Waals surface area contributed by atoms with E-state index in [1.165, 1.54) is 0 Å². The number of aliphatic carboxylic acids is 1. The molecule has 1 aromatic carbocycles. The van der Waals surface area contributed by atoms with Crippen LogP contribution in [0.15, 0.2) is 24.4 Å². The van der Waals surface area contributed by atoms with Crippen LogP contribution in [0.3, 0.4) is 0 Å². The molecule has 2 aromatic rings. The van der Waals surface area contributed by atoms with Crippen LogP contribution in [0.25, 0.3) is 10.9 Å². The van der Waals surface area contributed by atoms with E-state index < -0.39 is 12.0 Å². The number of hydrogen-bond donors (Lipinski definition) is 1. The van der Waals surface area contributed by atoms with Gasteiger partial charge in [0.25, 0.3) is 0 Å². The third kappa shape index (κ3) is 2.96. The number of carboxylic acids is 1. The third-order valence-corrected chi connectivity index (χ3v) is 4.23. The zero-order chi connectivity index (χ0) is 17.1. The Balaban J connectivity index is 2.12. The minimum atomic E-state index is -0.784. The maximum Gasteiger partial charge on any atom is 0.326 e. The fourth-order valence-corrected chi connectivity index (χ4v) is 3.24. The predicted molar refractivity (Wildman–Crippen MR) is 92.1 cm³/mol. The first-order valence-corrected chi connectivity index (χ1v) is 8.33. The van der Waals surface area contributed by atoms with Gasteiger partial charge in [-0.05, 0) is 38.8 Å². The van der Waals surface area contributed by atoms with Gasteiger partial charge in [-0.3, -0.25) is 4.98 Å². The molecule has 6 nitrogen and oxygen atoms in total. The zero-order valence-electron chi connectivity index (χ0n) is 14.0. The molecule has 128 valence electrons. The van der Waals surface area contributed by atoms with Gasteiger partial charge in [0.05, 0.1) is 18.7 Å². The summed E-state index contributed by atoms with van der Waals surface area (Å²) in [6.45, 7) is 5.64. The lowest BCUT2D eigenvalue weighted by atomic mass is 10.1. The summed E-state index contributed by atoms with van der Waals surface area (Å²) < 4.78 is 11.4. The van der Waals surface area contributed by atoms with Crippen LogP contribution in [-0.4, -0.2) is 41.9 Å². The number of benzene rings is 1. The molecule has 2 heterocycles. The van der Waals surface area contributed by atoms with Crippen molar-refractivity contribution in [3.8, 4) is 11.5 Å². The predicted octanol–water partition coefficient (Wildman–Crippen LogP) is 3.09. The lowest BCUT2D eigenvalue weighted by molar-refractivity contribution is -0.138. The highest BCUT2D eigenvalue weighted by Crippen LogP contribution is 2.38. The van der Waals surface area contributed by atoms with E-state index in [1.54, 1.807) is 6.20 Å². The molecule has 1 aromatic heterocycles. The molecule has 6 heteroatoms. The largest absolute Gasteiger partial charge is 0.490 e. The van der Waals surface area contributed by atoms with E-state index in [2.05, 4.69) is 4.98 Å². The van der Waals surface area contributed by atoms with Gasteiger partial charge in [-0.2, -0.15) is 0 Å². The van der Waals surface area contributed by atoms with Crippen molar-refractivity contribution in [2.45, 2.75) is 32.7 Å². The molecule has 0 amide bonds. The molecule has 1 N–H and O–H groups in total. The van der Waals surface area contributed by atoms with Gasteiger partial charge in [0.15, 0.2) is 11.5 Å². The molecule has 1 aliphatic rings. The molecule has 1 fully saturated rings. The Hall–Kier alpha value is -2.50. The van der Waals surface area contributed by atoms with Gasteiger partial charge in [0.2, 0.25) is 0 Å². The second-order valence-electron chi connectivity index (χ2n) is 5.70. The van der Waals surface area contributed by atoms with Crippen LogP contribution >= 0.6 is 0 Å². The number of aromatic nitrogens is 1. The first kappa shape index (κ1) is 16.4. The van der Waals surface area contributed by atoms with Crippen LogP contribution in [-0.2, 0) is 4.79 Å². The van der Waals surface area contributed by atoms with Crippen LogP contribution in [0, 0.1) is 0 Å². The summed E-state index contributed by atoms with van der Waals surface area (Å²) in [4.78, 5) is 17.9. The molecule has 0 saturated carbocycles. The number of carbonyl (C=O) groups is 1. The zero-order valence-corrected chi connectivity index (χ0v) is 14.0. The van der Waals surface area contributed by atoms with Crippen molar-refractivity contribution in [3.05, 3.63) is 24.4 Å². The van der Waals surface area contributed by atoms with Crippen molar-refractivity contribution in [2.24, 2.45) is 0 Å². The SMILES string of the molecule is CCOc1cc2nccc(N3CCC[C@H]3C(=O)O)c2cc1OCC. The topological polar surface area (TPSA) is 71.9 Å². The quantitative estimate of drug-likeness (QED) is 0.877. The summed E-state index contributed by atoms with van der Waals surface area (Å²) in [5.41, 5.74) is 1.66. The number of pyridine rings is 1. The van der Waals surface area contributed by atoms with Crippen LogP contribution in [0.5, 0.6) is 11.5 Å². The van der Waals surface area contributed by atoms with Gasteiger partial charge in [-0.1, -0.05) is 0 Å². The van der Waals surface area contributed by atoms with E-state index in [-0.39, 0.29) is 0 Å². The van der Waals surface area contributed by atoms with E-state index >= 15 is 0 Å². The highest BCUT2D eigenvalue weighted by molar-refractivity contribution is 5.95. The lowest BCUT2D eigenvalue weighted by Crippen LogP contribution is -2.36. The maximum atomic E-state index is 11.5. The fourth-order valence-electron chi connectivity index (χ4n) is 3.24. The highest BCUT2D eigenvalue weighted by atomic mass is 16.5. The Morgan fingerprint density at radius 1 is 1.29 bits per heavy atom. The van der Waals surface area contributed by atoms with E-state index in [9.17, 15) is 9.90 Å². The number of anilines is 1. The van der Waals surface area contributed by atoms with Gasteiger partial charge in [-0.25, -0.2) is 4.79 Å². The number of fused-ring (bicyclic) bond motifs is 1. The van der Waals surface area contributed by atoms with Gasteiger partial charge in [0.1, 0.15) is 6.04 Å². The van der Waals surface area contributed by atoms with E-state index in [0.717, 1.165) is 29.6 Å².